The van der Waals surface area contributed by atoms with Crippen LogP contribution in [0.25, 0.3) is 11.1 Å². The van der Waals surface area contributed by atoms with E-state index in [0.717, 1.165) is 18.5 Å². The van der Waals surface area contributed by atoms with Crippen molar-refractivity contribution < 1.29 is 4.42 Å². The van der Waals surface area contributed by atoms with Crippen LogP contribution in [0.4, 0.5) is 0 Å². The minimum absolute atomic E-state index is 0.305. The van der Waals surface area contributed by atoms with E-state index in [1.807, 2.05) is 18.2 Å². The molecule has 0 saturated heterocycles. The molecule has 0 fully saturated rings. The summed E-state index contributed by atoms with van der Waals surface area (Å²) in [5.74, 6) is 0.217. The summed E-state index contributed by atoms with van der Waals surface area (Å²) in [6, 6.07) is 6.20. The lowest BCUT2D eigenvalue weighted by atomic mass is 9.97. The quantitative estimate of drug-likeness (QED) is 0.855. The first kappa shape index (κ1) is 12.9. The third-order valence-corrected chi connectivity index (χ3v) is 3.01. The number of aromatic amines is 1. The van der Waals surface area contributed by atoms with Crippen molar-refractivity contribution in [3.05, 3.63) is 34.3 Å². The highest BCUT2D eigenvalue weighted by Crippen LogP contribution is 2.23. The topological polar surface area (TPSA) is 58.0 Å². The molecule has 4 nitrogen and oxygen atoms in total. The molecule has 2 aromatic rings. The van der Waals surface area contributed by atoms with Gasteiger partial charge in [-0.3, -0.25) is 4.98 Å². The van der Waals surface area contributed by atoms with Crippen LogP contribution in [0.1, 0.15) is 38.8 Å². The van der Waals surface area contributed by atoms with Crippen molar-refractivity contribution in [2.24, 2.45) is 5.92 Å². The zero-order valence-electron chi connectivity index (χ0n) is 11.1. The maximum absolute atomic E-state index is 11.1. The molecular formula is C14H20N2O2. The van der Waals surface area contributed by atoms with E-state index in [0.29, 0.717) is 17.5 Å². The van der Waals surface area contributed by atoms with Crippen molar-refractivity contribution in [1.29, 1.82) is 0 Å². The van der Waals surface area contributed by atoms with Crippen LogP contribution in [-0.2, 0) is 0 Å². The Bertz CT molecular complexity index is 568. The standard InChI is InChI=1S/C14H20N2O2/c1-4-15-12(7-9(2)3)10-5-6-11-13(8-10)18-14(17)16-11/h5-6,8-9,12,15H,4,7H2,1-3H3,(H,16,17). The van der Waals surface area contributed by atoms with E-state index in [9.17, 15) is 4.79 Å². The molecule has 0 saturated carbocycles. The van der Waals surface area contributed by atoms with Crippen molar-refractivity contribution in [1.82, 2.24) is 10.3 Å². The zero-order chi connectivity index (χ0) is 13.1. The van der Waals surface area contributed by atoms with Gasteiger partial charge in [-0.05, 0) is 36.6 Å². The molecule has 1 aromatic carbocycles. The highest BCUT2D eigenvalue weighted by Gasteiger charge is 2.13. The fourth-order valence-corrected chi connectivity index (χ4v) is 2.23. The normalized spacial score (nSPS) is 13.3. The van der Waals surface area contributed by atoms with E-state index < -0.39 is 5.76 Å². The van der Waals surface area contributed by atoms with Crippen molar-refractivity contribution in [3.63, 3.8) is 0 Å². The average molecular weight is 248 g/mol. The number of rotatable bonds is 5. The van der Waals surface area contributed by atoms with Crippen molar-refractivity contribution in [3.8, 4) is 0 Å². The first-order valence-corrected chi connectivity index (χ1v) is 6.46. The highest BCUT2D eigenvalue weighted by atomic mass is 16.4. The summed E-state index contributed by atoms with van der Waals surface area (Å²) < 4.78 is 5.10. The summed E-state index contributed by atoms with van der Waals surface area (Å²) >= 11 is 0. The van der Waals surface area contributed by atoms with Gasteiger partial charge in [-0.15, -0.1) is 0 Å². The van der Waals surface area contributed by atoms with Crippen LogP contribution in [0.3, 0.4) is 0 Å². The Morgan fingerprint density at radius 3 is 2.83 bits per heavy atom. The molecule has 0 aliphatic carbocycles. The van der Waals surface area contributed by atoms with Crippen LogP contribution >= 0.6 is 0 Å². The molecule has 1 heterocycles. The zero-order valence-corrected chi connectivity index (χ0v) is 11.1. The maximum atomic E-state index is 11.1. The SMILES string of the molecule is CCNC(CC(C)C)c1ccc2[nH]c(=O)oc2c1. The molecule has 2 N–H and O–H groups in total. The van der Waals surface area contributed by atoms with E-state index in [1.165, 1.54) is 5.56 Å². The van der Waals surface area contributed by atoms with Gasteiger partial charge in [-0.2, -0.15) is 0 Å². The van der Waals surface area contributed by atoms with Crippen LogP contribution in [0.2, 0.25) is 0 Å². The maximum Gasteiger partial charge on any atom is 0.417 e. The van der Waals surface area contributed by atoms with Gasteiger partial charge < -0.3 is 9.73 Å². The monoisotopic (exact) mass is 248 g/mol. The number of nitrogens with one attached hydrogen (secondary N) is 2. The molecule has 1 aromatic heterocycles. The minimum atomic E-state index is -0.397. The minimum Gasteiger partial charge on any atom is -0.408 e. The Morgan fingerprint density at radius 1 is 1.39 bits per heavy atom. The molecule has 4 heteroatoms. The number of hydrogen-bond donors (Lipinski definition) is 2. The lowest BCUT2D eigenvalue weighted by Gasteiger charge is -2.20. The summed E-state index contributed by atoms with van der Waals surface area (Å²) in [6.07, 6.45) is 1.06. The van der Waals surface area contributed by atoms with Gasteiger partial charge in [0.25, 0.3) is 0 Å². The number of aromatic nitrogens is 1. The highest BCUT2D eigenvalue weighted by molar-refractivity contribution is 5.72. The number of oxazole rings is 1. The lowest BCUT2D eigenvalue weighted by Crippen LogP contribution is -2.22. The van der Waals surface area contributed by atoms with Gasteiger partial charge in [0.1, 0.15) is 0 Å². The first-order valence-electron chi connectivity index (χ1n) is 6.46. The summed E-state index contributed by atoms with van der Waals surface area (Å²) in [4.78, 5) is 13.8. The van der Waals surface area contributed by atoms with Crippen molar-refractivity contribution >= 4 is 11.1 Å². The molecule has 1 atom stereocenters. The molecule has 0 amide bonds. The lowest BCUT2D eigenvalue weighted by molar-refractivity contribution is 0.438. The molecule has 0 radical (unpaired) electrons. The second-order valence-corrected chi connectivity index (χ2v) is 5.01. The van der Waals surface area contributed by atoms with Gasteiger partial charge in [-0.25, -0.2) is 4.79 Å². The number of H-pyrrole nitrogens is 1. The van der Waals surface area contributed by atoms with E-state index in [-0.39, 0.29) is 0 Å². The predicted octanol–water partition coefficient (Wildman–Crippen LogP) is 2.82. The third kappa shape index (κ3) is 2.82. The fourth-order valence-electron chi connectivity index (χ4n) is 2.23. The molecule has 18 heavy (non-hydrogen) atoms. The Hall–Kier alpha value is -1.55. The van der Waals surface area contributed by atoms with Crippen molar-refractivity contribution in [2.75, 3.05) is 6.54 Å². The Balaban J connectivity index is 2.33. The molecule has 0 spiro atoms. The summed E-state index contributed by atoms with van der Waals surface area (Å²) in [7, 11) is 0. The van der Waals surface area contributed by atoms with Crippen LogP contribution in [-0.4, -0.2) is 11.5 Å². The third-order valence-electron chi connectivity index (χ3n) is 3.01. The van der Waals surface area contributed by atoms with Gasteiger partial charge in [0, 0.05) is 6.04 Å². The number of fused-ring (bicyclic) bond motifs is 1. The van der Waals surface area contributed by atoms with E-state index >= 15 is 0 Å². The van der Waals surface area contributed by atoms with E-state index in [1.54, 1.807) is 0 Å². The average Bonchev–Trinajstić information content (AvgIpc) is 2.66. The van der Waals surface area contributed by atoms with E-state index in [4.69, 9.17) is 4.42 Å². The molecule has 1 unspecified atom stereocenters. The largest absolute Gasteiger partial charge is 0.417 e. The molecular weight excluding hydrogens is 228 g/mol. The number of hydrogen-bond acceptors (Lipinski definition) is 3. The van der Waals surface area contributed by atoms with Crippen LogP contribution in [0.15, 0.2) is 27.4 Å². The Kier molecular flexibility index (Phi) is 3.87. The summed E-state index contributed by atoms with van der Waals surface area (Å²) in [5.41, 5.74) is 2.55. The van der Waals surface area contributed by atoms with Gasteiger partial charge in [-0.1, -0.05) is 26.8 Å². The van der Waals surface area contributed by atoms with Crippen LogP contribution in [0, 0.1) is 5.92 Å². The van der Waals surface area contributed by atoms with Crippen molar-refractivity contribution in [2.45, 2.75) is 33.2 Å². The van der Waals surface area contributed by atoms with Gasteiger partial charge in [0.15, 0.2) is 5.58 Å². The Labute approximate surface area is 106 Å². The second-order valence-electron chi connectivity index (χ2n) is 5.01. The van der Waals surface area contributed by atoms with Gasteiger partial charge in [0.05, 0.1) is 5.52 Å². The fraction of sp³-hybridized carbons (Fsp3) is 0.500. The summed E-state index contributed by atoms with van der Waals surface area (Å²) in [5, 5.41) is 3.47. The van der Waals surface area contributed by atoms with Gasteiger partial charge >= 0.3 is 5.76 Å². The van der Waals surface area contributed by atoms with Crippen LogP contribution in [0.5, 0.6) is 0 Å². The van der Waals surface area contributed by atoms with Crippen LogP contribution < -0.4 is 11.1 Å². The molecule has 0 aliphatic rings. The van der Waals surface area contributed by atoms with Gasteiger partial charge in [0.2, 0.25) is 0 Å². The predicted molar refractivity (Wildman–Crippen MR) is 72.7 cm³/mol. The summed E-state index contributed by atoms with van der Waals surface area (Å²) in [6.45, 7) is 7.44. The molecule has 0 bridgehead atoms. The second kappa shape index (κ2) is 5.40. The van der Waals surface area contributed by atoms with E-state index in [2.05, 4.69) is 31.1 Å². The Morgan fingerprint density at radius 2 is 2.17 bits per heavy atom. The molecule has 2 rings (SSSR count). The number of benzene rings is 1. The molecule has 0 aliphatic heterocycles. The molecule has 98 valence electrons. The smallest absolute Gasteiger partial charge is 0.408 e. The first-order chi connectivity index (χ1) is 8.60.